The summed E-state index contributed by atoms with van der Waals surface area (Å²) in [5.74, 6) is 2.19. The molecule has 10 atom stereocenters. The molecule has 0 aromatic carbocycles. The number of carbonyl (C=O) groups is 1. The molecule has 0 radical (unpaired) electrons. The molecule has 0 aromatic rings. The van der Waals surface area contributed by atoms with E-state index in [9.17, 15) is 9.90 Å². The number of carbonyl (C=O) groups excluding carboxylic acids is 1. The molecule has 2 saturated heterocycles. The van der Waals surface area contributed by atoms with Crippen molar-refractivity contribution >= 4 is 5.78 Å². The molecule has 2 heterocycles. The highest BCUT2D eigenvalue weighted by molar-refractivity contribution is 5.85. The van der Waals surface area contributed by atoms with Crippen LogP contribution in [0.2, 0.25) is 0 Å². The summed E-state index contributed by atoms with van der Waals surface area (Å²) in [4.78, 5) is 12.8. The van der Waals surface area contributed by atoms with Crippen molar-refractivity contribution in [2.24, 2.45) is 45.3 Å². The lowest BCUT2D eigenvalue weighted by Crippen LogP contribution is -2.57. The van der Waals surface area contributed by atoms with Gasteiger partial charge in [0, 0.05) is 17.8 Å². The molecule has 2 aliphatic heterocycles. The van der Waals surface area contributed by atoms with Crippen LogP contribution in [0.5, 0.6) is 0 Å². The number of ketones is 1. The van der Waals surface area contributed by atoms with Gasteiger partial charge in [-0.3, -0.25) is 4.79 Å². The van der Waals surface area contributed by atoms with Crippen molar-refractivity contribution in [3.63, 3.8) is 0 Å². The van der Waals surface area contributed by atoms with Gasteiger partial charge < -0.3 is 14.6 Å². The van der Waals surface area contributed by atoms with E-state index in [-0.39, 0.29) is 45.4 Å². The maximum absolute atomic E-state index is 12.8. The molecule has 5 fully saturated rings. The largest absolute Gasteiger partial charge is 0.368 e. The molecule has 3 saturated carbocycles. The predicted molar refractivity (Wildman–Crippen MR) is 132 cm³/mol. The van der Waals surface area contributed by atoms with Crippen molar-refractivity contribution in [3.8, 4) is 0 Å². The monoisotopic (exact) mass is 470 g/mol. The van der Waals surface area contributed by atoms with E-state index in [0.29, 0.717) is 23.5 Å². The Kier molecular flexibility index (Phi) is 4.86. The van der Waals surface area contributed by atoms with Crippen LogP contribution < -0.4 is 0 Å². The molecule has 4 heteroatoms. The van der Waals surface area contributed by atoms with Crippen molar-refractivity contribution in [2.75, 3.05) is 0 Å². The second-order valence-corrected chi connectivity index (χ2v) is 14.7. The second-order valence-electron chi connectivity index (χ2n) is 14.7. The minimum absolute atomic E-state index is 0.0253. The topological polar surface area (TPSA) is 59.1 Å². The number of rotatable bonds is 2. The van der Waals surface area contributed by atoms with Gasteiger partial charge >= 0.3 is 0 Å². The summed E-state index contributed by atoms with van der Waals surface area (Å²) in [5.41, 5.74) is 1.95. The van der Waals surface area contributed by atoms with Crippen molar-refractivity contribution in [1.82, 2.24) is 0 Å². The quantitative estimate of drug-likeness (QED) is 0.393. The Bertz CT molecular complexity index is 934. The number of epoxide rings is 1. The van der Waals surface area contributed by atoms with Gasteiger partial charge in [0.25, 0.3) is 0 Å². The Morgan fingerprint density at radius 1 is 1.00 bits per heavy atom. The first-order valence-corrected chi connectivity index (χ1v) is 14.0. The third-order valence-electron chi connectivity index (χ3n) is 12.7. The molecule has 0 unspecified atom stereocenters. The molecule has 0 amide bonds. The zero-order valence-electron chi connectivity index (χ0n) is 22.4. The average Bonchev–Trinajstić information content (AvgIpc) is 3.08. The molecular formula is C30H46O4. The molecule has 0 bridgehead atoms. The number of aliphatic hydroxyl groups is 1. The van der Waals surface area contributed by atoms with E-state index in [2.05, 4.69) is 54.5 Å². The van der Waals surface area contributed by atoms with Crippen LogP contribution in [-0.4, -0.2) is 35.0 Å². The molecule has 6 rings (SSSR count). The van der Waals surface area contributed by atoms with E-state index < -0.39 is 6.29 Å². The van der Waals surface area contributed by atoms with Crippen LogP contribution in [0.15, 0.2) is 11.6 Å². The Labute approximate surface area is 206 Å². The molecule has 1 N–H and O–H groups in total. The lowest BCUT2D eigenvalue weighted by molar-refractivity contribution is -0.147. The van der Waals surface area contributed by atoms with Crippen LogP contribution in [0, 0.1) is 45.3 Å². The number of allylic oxidation sites excluding steroid dienone is 2. The van der Waals surface area contributed by atoms with E-state index in [1.54, 1.807) is 5.57 Å². The smallest absolute Gasteiger partial charge is 0.158 e. The molecule has 34 heavy (non-hydrogen) atoms. The molecule has 6 aliphatic rings. The Hall–Kier alpha value is -0.710. The summed E-state index contributed by atoms with van der Waals surface area (Å²) in [6, 6.07) is 0. The van der Waals surface area contributed by atoms with Gasteiger partial charge in [-0.1, -0.05) is 46.3 Å². The first kappa shape index (κ1) is 23.7. The summed E-state index contributed by atoms with van der Waals surface area (Å²) < 4.78 is 12.0. The normalized spacial score (nSPS) is 55.2. The average molecular weight is 471 g/mol. The highest BCUT2D eigenvalue weighted by Gasteiger charge is 2.67. The number of ether oxygens (including phenoxy) is 2. The standard InChI is InChI=1S/C30H46O4/c1-26(2)22-9-8-20-19(28(22,5)13-12-23(26)31)11-15-29(6)18(10-14-30(20,29)7)17-16-21(33-25(17)32)24-27(3,4)34-24/h8,17-19,21-22,24-25,32H,9-16H2,1-7H3/t17-,18+,19+,21+,22-,24+,25-,28-,29+,30-/m1/s1. The van der Waals surface area contributed by atoms with Crippen LogP contribution in [0.4, 0.5) is 0 Å². The van der Waals surface area contributed by atoms with Crippen LogP contribution in [0.25, 0.3) is 0 Å². The molecule has 190 valence electrons. The zero-order valence-corrected chi connectivity index (χ0v) is 22.4. The Morgan fingerprint density at radius 2 is 1.71 bits per heavy atom. The maximum Gasteiger partial charge on any atom is 0.158 e. The summed E-state index contributed by atoms with van der Waals surface area (Å²) in [5, 5.41) is 11.0. The van der Waals surface area contributed by atoms with Gasteiger partial charge in [-0.25, -0.2) is 0 Å². The highest BCUT2D eigenvalue weighted by atomic mass is 16.7. The minimum Gasteiger partial charge on any atom is -0.368 e. The van der Waals surface area contributed by atoms with Gasteiger partial charge in [0.05, 0.1) is 11.7 Å². The van der Waals surface area contributed by atoms with Crippen LogP contribution in [0.3, 0.4) is 0 Å². The lowest BCUT2D eigenvalue weighted by atomic mass is 9.41. The van der Waals surface area contributed by atoms with E-state index in [0.717, 1.165) is 25.7 Å². The number of aliphatic hydroxyl groups excluding tert-OH is 1. The van der Waals surface area contributed by atoms with E-state index in [1.165, 1.54) is 25.7 Å². The zero-order chi connectivity index (χ0) is 24.5. The first-order valence-electron chi connectivity index (χ1n) is 14.0. The lowest BCUT2D eigenvalue weighted by Gasteiger charge is -2.63. The minimum atomic E-state index is -0.667. The first-order chi connectivity index (χ1) is 15.8. The van der Waals surface area contributed by atoms with Crippen molar-refractivity contribution < 1.29 is 19.4 Å². The van der Waals surface area contributed by atoms with Gasteiger partial charge in [0.1, 0.15) is 11.9 Å². The molecule has 0 spiro atoms. The number of Topliss-reactive ketones (excluding diaryl/α,β-unsaturated/α-hetero) is 1. The van der Waals surface area contributed by atoms with Crippen molar-refractivity contribution in [3.05, 3.63) is 11.6 Å². The van der Waals surface area contributed by atoms with E-state index in [4.69, 9.17) is 9.47 Å². The second kappa shape index (κ2) is 6.98. The molecule has 4 nitrogen and oxygen atoms in total. The van der Waals surface area contributed by atoms with Crippen molar-refractivity contribution in [2.45, 2.75) is 124 Å². The van der Waals surface area contributed by atoms with Crippen LogP contribution >= 0.6 is 0 Å². The van der Waals surface area contributed by atoms with E-state index >= 15 is 0 Å². The third kappa shape index (κ3) is 2.85. The Morgan fingerprint density at radius 3 is 2.38 bits per heavy atom. The predicted octanol–water partition coefficient (Wildman–Crippen LogP) is 6.06. The number of hydrogen-bond acceptors (Lipinski definition) is 4. The van der Waals surface area contributed by atoms with Gasteiger partial charge in [0.2, 0.25) is 0 Å². The van der Waals surface area contributed by atoms with E-state index in [1.807, 2.05) is 0 Å². The van der Waals surface area contributed by atoms with Gasteiger partial charge in [0.15, 0.2) is 6.29 Å². The Balaban J connectivity index is 1.30. The fraction of sp³-hybridized carbons (Fsp3) is 0.900. The highest BCUT2D eigenvalue weighted by Crippen LogP contribution is 2.73. The van der Waals surface area contributed by atoms with Crippen LogP contribution in [-0.2, 0) is 14.3 Å². The summed E-state index contributed by atoms with van der Waals surface area (Å²) in [6.45, 7) is 16.2. The summed E-state index contributed by atoms with van der Waals surface area (Å²) in [7, 11) is 0. The number of fused-ring (bicyclic) bond motifs is 5. The van der Waals surface area contributed by atoms with Gasteiger partial charge in [-0.15, -0.1) is 0 Å². The summed E-state index contributed by atoms with van der Waals surface area (Å²) >= 11 is 0. The molecule has 4 aliphatic carbocycles. The fourth-order valence-electron chi connectivity index (χ4n) is 10.3. The van der Waals surface area contributed by atoms with Crippen LogP contribution in [0.1, 0.15) is 99.8 Å². The molecular weight excluding hydrogens is 424 g/mol. The molecule has 0 aromatic heterocycles. The SMILES string of the molecule is CC1(C)O[C@H]1[C@@H]1C[C@H]([C@@H]2CC[C@]3(C)C4=CC[C@@H]5C(C)(C)C(=O)CC[C@]5(C)[C@H]4CC[C@@]23C)[C@H](O)O1. The maximum atomic E-state index is 12.8. The summed E-state index contributed by atoms with van der Waals surface area (Å²) in [6.07, 6.45) is 10.6. The van der Waals surface area contributed by atoms with Gasteiger partial charge in [-0.05, 0) is 92.8 Å². The number of hydrogen-bond donors (Lipinski definition) is 1. The fourth-order valence-corrected chi connectivity index (χ4v) is 10.3. The van der Waals surface area contributed by atoms with Crippen molar-refractivity contribution in [1.29, 1.82) is 0 Å². The third-order valence-corrected chi connectivity index (χ3v) is 12.7. The van der Waals surface area contributed by atoms with Gasteiger partial charge in [-0.2, -0.15) is 0 Å².